The number of H-pyrrole nitrogens is 1. The number of nitrogens with zero attached hydrogens (tertiary/aromatic N) is 4. The van der Waals surface area contributed by atoms with E-state index < -0.39 is 24.0 Å². The molecule has 0 radical (unpaired) electrons. The highest BCUT2D eigenvalue weighted by molar-refractivity contribution is 5.85. The Morgan fingerprint density at radius 2 is 2.06 bits per heavy atom. The number of aromatic amines is 1. The molecule has 3 fully saturated rings. The highest BCUT2D eigenvalue weighted by Gasteiger charge is 2.38. The van der Waals surface area contributed by atoms with Gasteiger partial charge in [0, 0.05) is 13.0 Å². The third-order valence-corrected chi connectivity index (χ3v) is 7.30. The predicted octanol–water partition coefficient (Wildman–Crippen LogP) is 0.624. The van der Waals surface area contributed by atoms with Crippen LogP contribution < -0.4 is 5.32 Å². The third kappa shape index (κ3) is 5.87. The van der Waals surface area contributed by atoms with E-state index >= 15 is 0 Å². The van der Waals surface area contributed by atoms with Crippen molar-refractivity contribution in [1.82, 2.24) is 30.8 Å². The monoisotopic (exact) mass is 463 g/mol. The molecule has 33 heavy (non-hydrogen) atoms. The fraction of sp³-hybridized carbons (Fsp3) is 0.818. The summed E-state index contributed by atoms with van der Waals surface area (Å²) in [6.07, 6.45) is 6.62. The van der Waals surface area contributed by atoms with Crippen molar-refractivity contribution in [3.63, 3.8) is 0 Å². The first kappa shape index (κ1) is 22.2. The van der Waals surface area contributed by atoms with Gasteiger partial charge in [0.1, 0.15) is 18.7 Å². The lowest BCUT2D eigenvalue weighted by Gasteiger charge is -2.42. The SMILES string of the molecule is [2H][C@@]1(C(=O)OCCC(=O)N2CCC[C@H]2C(=O)OC)C[C@H]2C[C@@H](CCc3nn[nH]n3)CC[C@H]2CN1. The number of hydrogen-bond acceptors (Lipinski definition) is 9. The number of esters is 2. The number of aromatic nitrogens is 4. The van der Waals surface area contributed by atoms with Gasteiger partial charge in [-0.2, -0.15) is 5.21 Å². The van der Waals surface area contributed by atoms with Crippen molar-refractivity contribution < 1.29 is 25.2 Å². The van der Waals surface area contributed by atoms with Crippen molar-refractivity contribution in [3.05, 3.63) is 5.82 Å². The number of piperidine rings is 1. The van der Waals surface area contributed by atoms with E-state index in [2.05, 4.69) is 25.9 Å². The van der Waals surface area contributed by atoms with Crippen LogP contribution in [0.2, 0.25) is 0 Å². The third-order valence-electron chi connectivity index (χ3n) is 7.30. The molecular weight excluding hydrogens is 428 g/mol. The molecule has 0 aromatic carbocycles. The van der Waals surface area contributed by atoms with Gasteiger partial charge in [0.15, 0.2) is 5.82 Å². The predicted molar refractivity (Wildman–Crippen MR) is 116 cm³/mol. The van der Waals surface area contributed by atoms with Crippen LogP contribution in [-0.2, 0) is 30.3 Å². The maximum Gasteiger partial charge on any atom is 0.328 e. The minimum Gasteiger partial charge on any atom is -0.467 e. The molecule has 5 atom stereocenters. The normalized spacial score (nSPS) is 32.0. The van der Waals surface area contributed by atoms with Gasteiger partial charge in [-0.1, -0.05) is 11.6 Å². The van der Waals surface area contributed by atoms with Crippen molar-refractivity contribution in [2.24, 2.45) is 17.8 Å². The molecule has 2 N–H and O–H groups in total. The maximum atomic E-state index is 12.8. The molecule has 11 heteroatoms. The Morgan fingerprint density at radius 1 is 1.18 bits per heavy atom. The van der Waals surface area contributed by atoms with Crippen LogP contribution in [0, 0.1) is 17.8 Å². The minimum absolute atomic E-state index is 0.0144. The average Bonchev–Trinajstić information content (AvgIpc) is 3.54. The Hall–Kier alpha value is -2.56. The zero-order valence-electron chi connectivity index (χ0n) is 20.1. The number of ether oxygens (including phenoxy) is 2. The molecule has 11 nitrogen and oxygen atoms in total. The number of rotatable bonds is 8. The molecule has 3 aliphatic rings. The van der Waals surface area contributed by atoms with Gasteiger partial charge in [-0.05, 0) is 62.8 Å². The average molecular weight is 464 g/mol. The second kappa shape index (κ2) is 11.0. The van der Waals surface area contributed by atoms with Crippen LogP contribution in [0.4, 0.5) is 0 Å². The molecule has 2 aliphatic heterocycles. The topological polar surface area (TPSA) is 139 Å². The fourth-order valence-corrected chi connectivity index (χ4v) is 5.48. The van der Waals surface area contributed by atoms with Gasteiger partial charge in [0.05, 0.1) is 14.9 Å². The quantitative estimate of drug-likeness (QED) is 0.531. The molecular formula is C22H34N6O5. The molecule has 1 amide bonds. The summed E-state index contributed by atoms with van der Waals surface area (Å²) in [5.41, 5.74) is 0. The molecule has 182 valence electrons. The van der Waals surface area contributed by atoms with Crippen LogP contribution in [0.3, 0.4) is 0 Å². The van der Waals surface area contributed by atoms with Gasteiger partial charge in [0.25, 0.3) is 0 Å². The molecule has 0 unspecified atom stereocenters. The number of methoxy groups -OCH3 is 1. The van der Waals surface area contributed by atoms with Crippen molar-refractivity contribution in [2.75, 3.05) is 26.8 Å². The van der Waals surface area contributed by atoms with E-state index in [0.29, 0.717) is 43.6 Å². The number of likely N-dealkylation sites (tertiary alicyclic amines) is 1. The summed E-state index contributed by atoms with van der Waals surface area (Å²) in [7, 11) is 1.31. The van der Waals surface area contributed by atoms with E-state index in [4.69, 9.17) is 10.8 Å². The molecule has 3 heterocycles. The van der Waals surface area contributed by atoms with E-state index in [1.165, 1.54) is 12.0 Å². The first-order chi connectivity index (χ1) is 16.4. The lowest BCUT2D eigenvalue weighted by molar-refractivity contribution is -0.153. The van der Waals surface area contributed by atoms with E-state index in [1.54, 1.807) is 0 Å². The van der Waals surface area contributed by atoms with Gasteiger partial charge in [0.2, 0.25) is 5.91 Å². The second-order valence-electron chi connectivity index (χ2n) is 9.28. The van der Waals surface area contributed by atoms with Crippen molar-refractivity contribution in [1.29, 1.82) is 0 Å². The number of fused-ring (bicyclic) bond motifs is 1. The van der Waals surface area contributed by atoms with E-state index in [9.17, 15) is 14.4 Å². The van der Waals surface area contributed by atoms with E-state index in [0.717, 1.165) is 38.5 Å². The molecule has 0 spiro atoms. The van der Waals surface area contributed by atoms with Gasteiger partial charge in [-0.3, -0.25) is 9.59 Å². The minimum atomic E-state index is -1.50. The van der Waals surface area contributed by atoms with Gasteiger partial charge in [-0.15, -0.1) is 10.2 Å². The Balaban J connectivity index is 1.23. The second-order valence-corrected chi connectivity index (χ2v) is 9.28. The van der Waals surface area contributed by atoms with E-state index in [1.807, 2.05) is 0 Å². The molecule has 4 rings (SSSR count). The van der Waals surface area contributed by atoms with Crippen molar-refractivity contribution in [2.45, 2.75) is 69.8 Å². The Morgan fingerprint density at radius 3 is 2.85 bits per heavy atom. The van der Waals surface area contributed by atoms with Crippen LogP contribution in [0.1, 0.15) is 58.6 Å². The summed E-state index contributed by atoms with van der Waals surface area (Å²) in [4.78, 5) is 38.7. The summed E-state index contributed by atoms with van der Waals surface area (Å²) in [5, 5.41) is 17.2. The van der Waals surface area contributed by atoms with E-state index in [-0.39, 0.29) is 24.9 Å². The Bertz CT molecular complexity index is 870. The molecule has 1 aliphatic carbocycles. The highest BCUT2D eigenvalue weighted by Crippen LogP contribution is 2.40. The van der Waals surface area contributed by atoms with Gasteiger partial charge in [-0.25, -0.2) is 4.79 Å². The molecule has 1 saturated carbocycles. The number of carbonyl (C=O) groups is 3. The maximum absolute atomic E-state index is 12.8. The molecule has 1 aromatic heterocycles. The number of nitrogens with one attached hydrogen (secondary N) is 2. The zero-order valence-corrected chi connectivity index (χ0v) is 19.1. The number of tetrazole rings is 1. The Labute approximate surface area is 194 Å². The van der Waals surface area contributed by atoms with Crippen LogP contribution in [0.25, 0.3) is 0 Å². The largest absolute Gasteiger partial charge is 0.467 e. The molecule has 2 saturated heterocycles. The van der Waals surface area contributed by atoms with Crippen LogP contribution in [-0.4, -0.2) is 82.2 Å². The number of aryl methyl sites for hydroxylation is 1. The summed E-state index contributed by atoms with van der Waals surface area (Å²) in [6, 6.07) is -2.06. The van der Waals surface area contributed by atoms with Crippen molar-refractivity contribution in [3.8, 4) is 0 Å². The lowest BCUT2D eigenvalue weighted by Crippen LogP contribution is -2.50. The standard InChI is InChI=1S/C22H34N6O5/c1-32-22(31)18-3-2-9-28(18)20(29)8-10-33-21(30)17-12-16-11-14(4-6-15(16)13-23-17)5-7-19-24-26-27-25-19/h14-18,23H,2-13H2,1H3,(H,24,25,26,27)/t14-,15+,16-,17+,18+/m1/s1/i17D. The highest BCUT2D eigenvalue weighted by atomic mass is 16.5. The van der Waals surface area contributed by atoms with Crippen LogP contribution >= 0.6 is 0 Å². The summed E-state index contributed by atoms with van der Waals surface area (Å²) < 4.78 is 18.9. The number of carbonyl (C=O) groups excluding carboxylic acids is 3. The van der Waals surface area contributed by atoms with Crippen molar-refractivity contribution >= 4 is 17.8 Å². The first-order valence-corrected chi connectivity index (χ1v) is 11.9. The van der Waals surface area contributed by atoms with Gasteiger partial charge >= 0.3 is 11.9 Å². The zero-order chi connectivity index (χ0) is 24.1. The van der Waals surface area contributed by atoms with Crippen LogP contribution in [0.5, 0.6) is 0 Å². The summed E-state index contributed by atoms with van der Waals surface area (Å²) >= 11 is 0. The Kier molecular flexibility index (Phi) is 7.44. The first-order valence-electron chi connectivity index (χ1n) is 12.4. The fourth-order valence-electron chi connectivity index (χ4n) is 5.48. The summed E-state index contributed by atoms with van der Waals surface area (Å²) in [5.74, 6) is 0.664. The van der Waals surface area contributed by atoms with Gasteiger partial charge < -0.3 is 19.7 Å². The van der Waals surface area contributed by atoms with Crippen LogP contribution in [0.15, 0.2) is 0 Å². The molecule has 1 aromatic rings. The smallest absolute Gasteiger partial charge is 0.328 e. The number of hydrogen-bond donors (Lipinski definition) is 2. The lowest BCUT2D eigenvalue weighted by atomic mass is 9.69. The number of amides is 1. The summed E-state index contributed by atoms with van der Waals surface area (Å²) in [6.45, 7) is 1.01. The molecule has 0 bridgehead atoms.